The number of nitrogens with zero attached hydrogens (tertiary/aromatic N) is 1. The van der Waals surface area contributed by atoms with Gasteiger partial charge in [0.15, 0.2) is 0 Å². The summed E-state index contributed by atoms with van der Waals surface area (Å²) >= 11 is 0. The van der Waals surface area contributed by atoms with Crippen LogP contribution < -0.4 is 0 Å². The molecule has 0 amide bonds. The Labute approximate surface area is 159 Å². The van der Waals surface area contributed by atoms with Crippen molar-refractivity contribution in [3.8, 4) is 0 Å². The smallest absolute Gasteiger partial charge is 0.000708 e. The summed E-state index contributed by atoms with van der Waals surface area (Å²) in [4.78, 5) is 2.49. The summed E-state index contributed by atoms with van der Waals surface area (Å²) in [6.45, 7) is 4.94. The summed E-state index contributed by atoms with van der Waals surface area (Å²) in [5.41, 5.74) is 0. The zero-order valence-corrected chi connectivity index (χ0v) is 17.4. The van der Waals surface area contributed by atoms with Crippen molar-refractivity contribution in [2.24, 2.45) is 5.92 Å². The van der Waals surface area contributed by atoms with E-state index in [1.54, 1.807) is 0 Å². The predicted molar refractivity (Wildman–Crippen MR) is 114 cm³/mol. The quantitative estimate of drug-likeness (QED) is 0.206. The third kappa shape index (κ3) is 14.3. The maximum atomic E-state index is 2.49. The molecule has 1 fully saturated rings. The largest absolute Gasteiger partial charge is 0.306 e. The summed E-state index contributed by atoms with van der Waals surface area (Å²) in [5.74, 6) is 1.00. The highest BCUT2D eigenvalue weighted by atomic mass is 15.1. The molecule has 1 unspecified atom stereocenters. The number of hydrogen-bond donors (Lipinski definition) is 0. The van der Waals surface area contributed by atoms with Crippen LogP contribution in [0.1, 0.15) is 103 Å². The molecule has 0 radical (unpaired) electrons. The van der Waals surface area contributed by atoms with E-state index < -0.39 is 0 Å². The lowest BCUT2D eigenvalue weighted by atomic mass is 9.99. The number of allylic oxidation sites excluding steroid dienone is 4. The molecule has 0 spiro atoms. The number of rotatable bonds is 16. The van der Waals surface area contributed by atoms with E-state index in [9.17, 15) is 0 Å². The minimum Gasteiger partial charge on any atom is -0.306 e. The zero-order chi connectivity index (χ0) is 18.0. The molecule has 1 heterocycles. The molecule has 0 aromatic rings. The van der Waals surface area contributed by atoms with Crippen molar-refractivity contribution in [3.63, 3.8) is 0 Å². The number of hydrogen-bond acceptors (Lipinski definition) is 1. The van der Waals surface area contributed by atoms with Crippen LogP contribution in [-0.4, -0.2) is 25.0 Å². The van der Waals surface area contributed by atoms with E-state index in [1.807, 2.05) is 0 Å². The fourth-order valence-corrected chi connectivity index (χ4v) is 3.86. The van der Waals surface area contributed by atoms with E-state index in [4.69, 9.17) is 0 Å². The standard InChI is InChI=1S/C24H45N/c1-3-4-5-6-7-8-9-10-11-12-13-14-15-16-17-18-19-20-24-21-22-25(2)23-24/h7-8,10-11,24H,3-6,9,12-23H2,1-2H3/b8-7-,11-10-. The highest BCUT2D eigenvalue weighted by molar-refractivity contribution is 4.92. The van der Waals surface area contributed by atoms with Crippen molar-refractivity contribution < 1.29 is 0 Å². The van der Waals surface area contributed by atoms with Gasteiger partial charge in [-0.15, -0.1) is 0 Å². The fourth-order valence-electron chi connectivity index (χ4n) is 3.86. The van der Waals surface area contributed by atoms with Gasteiger partial charge in [-0.1, -0.05) is 82.6 Å². The summed E-state index contributed by atoms with van der Waals surface area (Å²) < 4.78 is 0. The minimum atomic E-state index is 1.00. The number of unbranched alkanes of at least 4 members (excludes halogenated alkanes) is 10. The van der Waals surface area contributed by atoms with Gasteiger partial charge in [0.25, 0.3) is 0 Å². The molecule has 1 rings (SSSR count). The highest BCUT2D eigenvalue weighted by Gasteiger charge is 2.18. The molecule has 1 saturated heterocycles. The summed E-state index contributed by atoms with van der Waals surface area (Å²) in [5, 5.41) is 0. The van der Waals surface area contributed by atoms with E-state index >= 15 is 0 Å². The first-order chi connectivity index (χ1) is 12.3. The van der Waals surface area contributed by atoms with Crippen LogP contribution in [0, 0.1) is 5.92 Å². The molecule has 146 valence electrons. The molecule has 0 aliphatic carbocycles. The van der Waals surface area contributed by atoms with E-state index in [0.717, 1.165) is 12.3 Å². The predicted octanol–water partition coefficient (Wildman–Crippen LogP) is 7.53. The minimum absolute atomic E-state index is 1.00. The molecular weight excluding hydrogens is 302 g/mol. The van der Waals surface area contributed by atoms with Crippen molar-refractivity contribution >= 4 is 0 Å². The molecular formula is C24H45N. The SMILES string of the molecule is CCCCC/C=C\C/C=C\CCCCCCCCCC1CCN(C)C1. The zero-order valence-electron chi connectivity index (χ0n) is 17.4. The Balaban J connectivity index is 1.74. The lowest BCUT2D eigenvalue weighted by Gasteiger charge is -2.09. The molecule has 0 bridgehead atoms. The van der Waals surface area contributed by atoms with Gasteiger partial charge in [-0.25, -0.2) is 0 Å². The van der Waals surface area contributed by atoms with Crippen LogP contribution >= 0.6 is 0 Å². The summed E-state index contributed by atoms with van der Waals surface area (Å²) in [6.07, 6.45) is 30.1. The van der Waals surface area contributed by atoms with Gasteiger partial charge in [-0.05, 0) is 64.5 Å². The molecule has 0 N–H and O–H groups in total. The maximum absolute atomic E-state index is 2.49. The summed E-state index contributed by atoms with van der Waals surface area (Å²) in [6, 6.07) is 0. The van der Waals surface area contributed by atoms with E-state index in [0.29, 0.717) is 0 Å². The molecule has 1 atom stereocenters. The Morgan fingerprint density at radius 2 is 1.36 bits per heavy atom. The van der Waals surface area contributed by atoms with E-state index in [-0.39, 0.29) is 0 Å². The van der Waals surface area contributed by atoms with Crippen LogP contribution in [0.5, 0.6) is 0 Å². The maximum Gasteiger partial charge on any atom is 0.000708 e. The first-order valence-corrected chi connectivity index (χ1v) is 11.3. The third-order valence-corrected chi connectivity index (χ3v) is 5.55. The Bertz CT molecular complexity index is 331. The fraction of sp³-hybridized carbons (Fsp3) is 0.833. The van der Waals surface area contributed by atoms with Gasteiger partial charge in [0.2, 0.25) is 0 Å². The molecule has 1 heteroatoms. The summed E-state index contributed by atoms with van der Waals surface area (Å²) in [7, 11) is 2.26. The lowest BCUT2D eigenvalue weighted by Crippen LogP contribution is -2.13. The van der Waals surface area contributed by atoms with Gasteiger partial charge in [0.1, 0.15) is 0 Å². The van der Waals surface area contributed by atoms with E-state index in [1.165, 1.54) is 103 Å². The van der Waals surface area contributed by atoms with Gasteiger partial charge in [-0.2, -0.15) is 0 Å². The van der Waals surface area contributed by atoms with Crippen molar-refractivity contribution in [2.75, 3.05) is 20.1 Å². The second kappa shape index (κ2) is 16.9. The van der Waals surface area contributed by atoms with Gasteiger partial charge in [-0.3, -0.25) is 0 Å². The average Bonchev–Trinajstić information content (AvgIpc) is 3.03. The second-order valence-electron chi connectivity index (χ2n) is 8.14. The van der Waals surface area contributed by atoms with E-state index in [2.05, 4.69) is 43.2 Å². The van der Waals surface area contributed by atoms with Crippen molar-refractivity contribution in [1.29, 1.82) is 0 Å². The Morgan fingerprint density at radius 1 is 0.760 bits per heavy atom. The van der Waals surface area contributed by atoms with Crippen molar-refractivity contribution in [1.82, 2.24) is 4.90 Å². The molecule has 1 aliphatic rings. The first kappa shape index (κ1) is 22.5. The van der Waals surface area contributed by atoms with Crippen LogP contribution in [0.4, 0.5) is 0 Å². The normalized spacial score (nSPS) is 18.9. The molecule has 0 saturated carbocycles. The second-order valence-corrected chi connectivity index (χ2v) is 8.14. The monoisotopic (exact) mass is 347 g/mol. The topological polar surface area (TPSA) is 3.24 Å². The Kier molecular flexibility index (Phi) is 15.2. The third-order valence-electron chi connectivity index (χ3n) is 5.55. The first-order valence-electron chi connectivity index (χ1n) is 11.3. The molecule has 1 nitrogen and oxygen atoms in total. The highest BCUT2D eigenvalue weighted by Crippen LogP contribution is 2.21. The molecule has 1 aliphatic heterocycles. The van der Waals surface area contributed by atoms with Gasteiger partial charge in [0.05, 0.1) is 0 Å². The van der Waals surface area contributed by atoms with Crippen molar-refractivity contribution in [3.05, 3.63) is 24.3 Å². The van der Waals surface area contributed by atoms with Gasteiger partial charge < -0.3 is 4.90 Å². The average molecular weight is 348 g/mol. The van der Waals surface area contributed by atoms with Crippen LogP contribution in [0.15, 0.2) is 24.3 Å². The molecule has 0 aromatic heterocycles. The number of likely N-dealkylation sites (tertiary alicyclic amines) is 1. The molecule has 25 heavy (non-hydrogen) atoms. The van der Waals surface area contributed by atoms with Crippen molar-refractivity contribution in [2.45, 2.75) is 103 Å². The van der Waals surface area contributed by atoms with Gasteiger partial charge >= 0.3 is 0 Å². The Hall–Kier alpha value is -0.560. The van der Waals surface area contributed by atoms with Gasteiger partial charge in [0, 0.05) is 6.54 Å². The molecule has 0 aromatic carbocycles. The lowest BCUT2D eigenvalue weighted by molar-refractivity contribution is 0.382. The van der Waals surface area contributed by atoms with Crippen LogP contribution in [-0.2, 0) is 0 Å². The van der Waals surface area contributed by atoms with Crippen LogP contribution in [0.25, 0.3) is 0 Å². The van der Waals surface area contributed by atoms with Crippen LogP contribution in [0.3, 0.4) is 0 Å². The Morgan fingerprint density at radius 3 is 1.96 bits per heavy atom. The van der Waals surface area contributed by atoms with Crippen LogP contribution in [0.2, 0.25) is 0 Å².